The maximum atomic E-state index is 12.8. The summed E-state index contributed by atoms with van der Waals surface area (Å²) in [5.41, 5.74) is -0.903. The van der Waals surface area contributed by atoms with Crippen molar-refractivity contribution in [3.63, 3.8) is 0 Å². The fourth-order valence-electron chi connectivity index (χ4n) is 5.51. The van der Waals surface area contributed by atoms with Crippen molar-refractivity contribution in [2.24, 2.45) is 5.92 Å². The van der Waals surface area contributed by atoms with Crippen LogP contribution in [0.1, 0.15) is 31.9 Å². The number of hydrogen-bond acceptors (Lipinski definition) is 9. The third-order valence-electron chi connectivity index (χ3n) is 7.19. The minimum atomic E-state index is -1.42. The minimum absolute atomic E-state index is 0.0291. The van der Waals surface area contributed by atoms with Gasteiger partial charge in [0.15, 0.2) is 6.29 Å². The van der Waals surface area contributed by atoms with E-state index < -0.39 is 24.0 Å². The summed E-state index contributed by atoms with van der Waals surface area (Å²) in [5.74, 6) is -0.385. The molecule has 0 spiro atoms. The quantitative estimate of drug-likeness (QED) is 0.334. The number of ether oxygens (including phenoxy) is 2. The number of carbonyl (C=O) groups is 1. The summed E-state index contributed by atoms with van der Waals surface area (Å²) >= 11 is 0. The fraction of sp³-hybridized carbons (Fsp3) is 0.727. The Morgan fingerprint density at radius 1 is 1.25 bits per heavy atom. The Labute approximate surface area is 187 Å². The maximum Gasteiger partial charge on any atom is 0.226 e. The molecule has 3 fully saturated rings. The highest BCUT2D eigenvalue weighted by molar-refractivity contribution is 5.78. The SMILES string of the molecule is CN[C@H]1[C@@H](O)[C@@H](NC)CC2O[C@@H]3O[C@H](C)C[C@@H](NC(=O)Cc4ccc(O)cn4)[C@]3(O)C[C@@H]21. The van der Waals surface area contributed by atoms with Gasteiger partial charge in [-0.1, -0.05) is 0 Å². The van der Waals surface area contributed by atoms with E-state index in [9.17, 15) is 20.1 Å². The van der Waals surface area contributed by atoms with Gasteiger partial charge in [0, 0.05) is 23.7 Å². The number of carbonyl (C=O) groups excluding carboxylic acids is 1. The van der Waals surface area contributed by atoms with Crippen LogP contribution in [0.25, 0.3) is 0 Å². The molecule has 2 saturated heterocycles. The minimum Gasteiger partial charge on any atom is -0.506 e. The van der Waals surface area contributed by atoms with Crippen LogP contribution in [-0.4, -0.2) is 88.6 Å². The van der Waals surface area contributed by atoms with E-state index in [-0.39, 0.29) is 48.3 Å². The van der Waals surface area contributed by atoms with Gasteiger partial charge in [0.05, 0.1) is 37.0 Å². The Kier molecular flexibility index (Phi) is 6.71. The molecule has 9 atom stereocenters. The Hall–Kier alpha value is -1.82. The van der Waals surface area contributed by atoms with E-state index in [0.717, 1.165) is 0 Å². The van der Waals surface area contributed by atoms with Gasteiger partial charge in [0.25, 0.3) is 0 Å². The van der Waals surface area contributed by atoms with Gasteiger partial charge in [-0.3, -0.25) is 9.78 Å². The summed E-state index contributed by atoms with van der Waals surface area (Å²) in [4.78, 5) is 16.8. The van der Waals surface area contributed by atoms with E-state index in [1.54, 1.807) is 13.1 Å². The van der Waals surface area contributed by atoms with Crippen molar-refractivity contribution in [1.82, 2.24) is 20.9 Å². The lowest BCUT2D eigenvalue weighted by Crippen LogP contribution is -2.73. The second-order valence-corrected chi connectivity index (χ2v) is 9.29. The van der Waals surface area contributed by atoms with Crippen molar-refractivity contribution in [3.05, 3.63) is 24.0 Å². The largest absolute Gasteiger partial charge is 0.506 e. The zero-order chi connectivity index (χ0) is 23.0. The zero-order valence-corrected chi connectivity index (χ0v) is 18.7. The number of amides is 1. The average molecular weight is 451 g/mol. The Balaban J connectivity index is 1.52. The molecule has 1 amide bonds. The van der Waals surface area contributed by atoms with Crippen molar-refractivity contribution < 1.29 is 29.6 Å². The molecule has 1 unspecified atom stereocenters. The molecule has 0 bridgehead atoms. The second-order valence-electron chi connectivity index (χ2n) is 9.29. The smallest absolute Gasteiger partial charge is 0.226 e. The second kappa shape index (κ2) is 9.20. The molecule has 10 nitrogen and oxygen atoms in total. The molecule has 0 aromatic carbocycles. The zero-order valence-electron chi connectivity index (χ0n) is 18.7. The summed E-state index contributed by atoms with van der Waals surface area (Å²) in [6.07, 6.45) is 0.801. The third kappa shape index (κ3) is 4.35. The number of rotatable bonds is 5. The molecule has 4 rings (SSSR count). The fourth-order valence-corrected chi connectivity index (χ4v) is 5.51. The molecule has 1 saturated carbocycles. The Bertz CT molecular complexity index is 810. The van der Waals surface area contributed by atoms with Crippen LogP contribution in [0.15, 0.2) is 18.3 Å². The molecule has 6 N–H and O–H groups in total. The van der Waals surface area contributed by atoms with Crippen LogP contribution in [0, 0.1) is 5.92 Å². The van der Waals surface area contributed by atoms with Crippen molar-refractivity contribution in [2.45, 2.75) is 80.9 Å². The summed E-state index contributed by atoms with van der Waals surface area (Å²) in [5, 5.41) is 41.2. The predicted octanol–water partition coefficient (Wildman–Crippen LogP) is -0.974. The molecule has 10 heteroatoms. The lowest BCUT2D eigenvalue weighted by Gasteiger charge is -2.57. The van der Waals surface area contributed by atoms with Crippen LogP contribution >= 0.6 is 0 Å². The van der Waals surface area contributed by atoms with Gasteiger partial charge in [-0.15, -0.1) is 0 Å². The number of hydrogen-bond donors (Lipinski definition) is 6. The first kappa shape index (κ1) is 23.3. The molecule has 1 aromatic heterocycles. The number of nitrogens with one attached hydrogen (secondary N) is 3. The Morgan fingerprint density at radius 3 is 2.69 bits per heavy atom. The van der Waals surface area contributed by atoms with Gasteiger partial charge < -0.3 is 40.7 Å². The topological polar surface area (TPSA) is 145 Å². The van der Waals surface area contributed by atoms with Crippen LogP contribution in [0.3, 0.4) is 0 Å². The third-order valence-corrected chi connectivity index (χ3v) is 7.19. The normalized spacial score (nSPS) is 41.4. The van der Waals surface area contributed by atoms with E-state index in [2.05, 4.69) is 20.9 Å². The Morgan fingerprint density at radius 2 is 2.03 bits per heavy atom. The summed E-state index contributed by atoms with van der Waals surface area (Å²) < 4.78 is 12.3. The number of aliphatic hydroxyl groups is 2. The van der Waals surface area contributed by atoms with Crippen molar-refractivity contribution in [1.29, 1.82) is 0 Å². The number of nitrogens with zero attached hydrogens (tertiary/aromatic N) is 1. The van der Waals surface area contributed by atoms with Crippen LogP contribution < -0.4 is 16.0 Å². The van der Waals surface area contributed by atoms with E-state index in [0.29, 0.717) is 25.0 Å². The molecule has 1 aliphatic carbocycles. The summed E-state index contributed by atoms with van der Waals surface area (Å²) in [6.45, 7) is 1.90. The molecule has 1 aromatic rings. The molecular weight excluding hydrogens is 416 g/mol. The molecule has 178 valence electrons. The highest BCUT2D eigenvalue weighted by Crippen LogP contribution is 2.45. The first-order valence-corrected chi connectivity index (χ1v) is 11.2. The van der Waals surface area contributed by atoms with Gasteiger partial charge in [-0.05, 0) is 52.4 Å². The van der Waals surface area contributed by atoms with Crippen molar-refractivity contribution in [3.8, 4) is 5.75 Å². The van der Waals surface area contributed by atoms with Crippen LogP contribution in [0.4, 0.5) is 0 Å². The van der Waals surface area contributed by atoms with Crippen molar-refractivity contribution >= 4 is 5.91 Å². The molecule has 0 radical (unpaired) electrons. The summed E-state index contributed by atoms with van der Waals surface area (Å²) in [6, 6.07) is 2.10. The first-order valence-electron chi connectivity index (χ1n) is 11.2. The van der Waals surface area contributed by atoms with E-state index >= 15 is 0 Å². The standard InChI is InChI=1S/C22H34N4O6/c1-11-6-17(26-18(28)7-12-4-5-13(27)10-25-12)22(30)9-14-16(32-21(22)31-11)8-15(23-2)20(29)19(14)24-3/h4-5,10-11,14-17,19-21,23-24,27,29-30H,6-9H2,1-3H3,(H,26,28)/t11-,14+,15+,16?,17-,19-,20+,21+,22-/m1/s1. The molecule has 32 heavy (non-hydrogen) atoms. The first-order chi connectivity index (χ1) is 15.2. The number of pyridine rings is 1. The van der Waals surface area contributed by atoms with Crippen molar-refractivity contribution in [2.75, 3.05) is 14.1 Å². The average Bonchev–Trinajstić information content (AvgIpc) is 2.75. The lowest BCUT2D eigenvalue weighted by molar-refractivity contribution is -0.342. The van der Waals surface area contributed by atoms with E-state index in [1.165, 1.54) is 12.3 Å². The predicted molar refractivity (Wildman–Crippen MR) is 115 cm³/mol. The molecule has 2 aliphatic heterocycles. The monoisotopic (exact) mass is 450 g/mol. The van der Waals surface area contributed by atoms with Crippen LogP contribution in [0.5, 0.6) is 5.75 Å². The van der Waals surface area contributed by atoms with Gasteiger partial charge in [0.2, 0.25) is 5.91 Å². The van der Waals surface area contributed by atoms with Crippen LogP contribution in [-0.2, 0) is 20.7 Å². The van der Waals surface area contributed by atoms with Gasteiger partial charge in [0.1, 0.15) is 11.4 Å². The molecular formula is C22H34N4O6. The highest BCUT2D eigenvalue weighted by Gasteiger charge is 2.60. The number of aliphatic hydroxyl groups excluding tert-OH is 1. The lowest BCUT2D eigenvalue weighted by atomic mass is 9.67. The number of likely N-dealkylation sites (N-methyl/N-ethyl adjacent to an activating group) is 2. The number of fused-ring (bicyclic) bond motifs is 2. The number of aromatic hydroxyl groups is 1. The van der Waals surface area contributed by atoms with Gasteiger partial charge in [-0.2, -0.15) is 0 Å². The highest BCUT2D eigenvalue weighted by atomic mass is 16.7. The number of aromatic nitrogens is 1. The van der Waals surface area contributed by atoms with E-state index in [1.807, 2.05) is 14.0 Å². The summed E-state index contributed by atoms with van der Waals surface area (Å²) in [7, 11) is 3.61. The molecule has 3 aliphatic rings. The maximum absolute atomic E-state index is 12.8. The van der Waals surface area contributed by atoms with Gasteiger partial charge >= 0.3 is 0 Å². The van der Waals surface area contributed by atoms with E-state index in [4.69, 9.17) is 9.47 Å². The van der Waals surface area contributed by atoms with Gasteiger partial charge in [-0.25, -0.2) is 0 Å². The van der Waals surface area contributed by atoms with Crippen LogP contribution in [0.2, 0.25) is 0 Å². The molecule has 3 heterocycles.